The molecule has 0 N–H and O–H groups in total. The molecule has 0 radical (unpaired) electrons. The highest BCUT2D eigenvalue weighted by Crippen LogP contribution is 2.40. The molecule has 1 fully saturated rings. The molecule has 1 saturated heterocycles. The summed E-state index contributed by atoms with van der Waals surface area (Å²) in [7, 11) is 0. The van der Waals surface area contributed by atoms with Crippen LogP contribution >= 0.6 is 0 Å². The van der Waals surface area contributed by atoms with Crippen molar-refractivity contribution in [3.8, 4) is 0 Å². The van der Waals surface area contributed by atoms with Crippen molar-refractivity contribution < 1.29 is 0 Å². The molecule has 0 saturated carbocycles. The summed E-state index contributed by atoms with van der Waals surface area (Å²) in [4.78, 5) is 2.82. The van der Waals surface area contributed by atoms with Crippen LogP contribution in [-0.4, -0.2) is 24.0 Å². The van der Waals surface area contributed by atoms with Crippen LogP contribution in [0.25, 0.3) is 0 Å². The summed E-state index contributed by atoms with van der Waals surface area (Å²) in [5.74, 6) is 4.33. The van der Waals surface area contributed by atoms with Crippen molar-refractivity contribution in [2.24, 2.45) is 29.6 Å². The summed E-state index contributed by atoms with van der Waals surface area (Å²) in [6.45, 7) is 19.5. The molecule has 1 aliphatic heterocycles. The summed E-state index contributed by atoms with van der Waals surface area (Å²) in [6, 6.07) is 0.819. The molecule has 4 atom stereocenters. The molecular formula is C18H37N. The third-order valence-corrected chi connectivity index (χ3v) is 5.30. The van der Waals surface area contributed by atoms with E-state index in [1.165, 1.54) is 32.4 Å². The SMILES string of the molecule is CCCN1CC(C(C)C)C(CC)C(C)C1CC(C)C. The normalized spacial score (nSPS) is 33.3. The topological polar surface area (TPSA) is 3.24 Å². The van der Waals surface area contributed by atoms with Crippen molar-refractivity contribution in [3.63, 3.8) is 0 Å². The van der Waals surface area contributed by atoms with Gasteiger partial charge in [0.2, 0.25) is 0 Å². The van der Waals surface area contributed by atoms with Crippen LogP contribution in [0, 0.1) is 29.6 Å². The predicted molar refractivity (Wildman–Crippen MR) is 86.4 cm³/mol. The molecule has 1 rings (SSSR count). The quantitative estimate of drug-likeness (QED) is 0.650. The van der Waals surface area contributed by atoms with Gasteiger partial charge in [0.15, 0.2) is 0 Å². The summed E-state index contributed by atoms with van der Waals surface area (Å²) in [5.41, 5.74) is 0. The lowest BCUT2D eigenvalue weighted by molar-refractivity contribution is -0.0164. The number of rotatable bonds is 6. The van der Waals surface area contributed by atoms with Crippen LogP contribution in [-0.2, 0) is 0 Å². The minimum atomic E-state index is 0.819. The van der Waals surface area contributed by atoms with Crippen molar-refractivity contribution in [1.82, 2.24) is 4.90 Å². The average Bonchev–Trinajstić information content (AvgIpc) is 2.33. The fourth-order valence-corrected chi connectivity index (χ4v) is 4.32. The fraction of sp³-hybridized carbons (Fsp3) is 1.00. The van der Waals surface area contributed by atoms with E-state index in [9.17, 15) is 0 Å². The highest BCUT2D eigenvalue weighted by molar-refractivity contribution is 4.92. The molecular weight excluding hydrogens is 230 g/mol. The van der Waals surface area contributed by atoms with Crippen molar-refractivity contribution >= 4 is 0 Å². The van der Waals surface area contributed by atoms with E-state index in [0.29, 0.717) is 0 Å². The number of hydrogen-bond donors (Lipinski definition) is 0. The Morgan fingerprint density at radius 3 is 2.16 bits per heavy atom. The molecule has 0 aliphatic carbocycles. The van der Waals surface area contributed by atoms with E-state index < -0.39 is 0 Å². The molecule has 1 heteroatoms. The highest BCUT2D eigenvalue weighted by atomic mass is 15.2. The van der Waals surface area contributed by atoms with Crippen LogP contribution < -0.4 is 0 Å². The standard InChI is InChI=1S/C18H37N/c1-8-10-19-12-17(14(5)6)16(9-2)15(7)18(19)11-13(3)4/h13-18H,8-12H2,1-7H3. The third-order valence-electron chi connectivity index (χ3n) is 5.30. The third kappa shape index (κ3) is 4.21. The Bertz CT molecular complexity index is 244. The first-order valence-corrected chi connectivity index (χ1v) is 8.66. The summed E-state index contributed by atoms with van der Waals surface area (Å²) in [5, 5.41) is 0. The van der Waals surface area contributed by atoms with Gasteiger partial charge in [-0.05, 0) is 49.0 Å². The molecule has 1 nitrogen and oxygen atoms in total. The Morgan fingerprint density at radius 2 is 1.74 bits per heavy atom. The lowest BCUT2D eigenvalue weighted by atomic mass is 9.67. The first kappa shape index (κ1) is 17.0. The molecule has 0 aromatic rings. The second-order valence-electron chi connectivity index (χ2n) is 7.53. The van der Waals surface area contributed by atoms with Gasteiger partial charge in [-0.15, -0.1) is 0 Å². The number of piperidine rings is 1. The van der Waals surface area contributed by atoms with Crippen molar-refractivity contribution in [1.29, 1.82) is 0 Å². The zero-order valence-corrected chi connectivity index (χ0v) is 14.4. The average molecular weight is 268 g/mol. The van der Waals surface area contributed by atoms with Crippen LogP contribution in [0.3, 0.4) is 0 Å². The van der Waals surface area contributed by atoms with Gasteiger partial charge in [-0.2, -0.15) is 0 Å². The van der Waals surface area contributed by atoms with Crippen molar-refractivity contribution in [2.45, 2.75) is 73.8 Å². The monoisotopic (exact) mass is 267 g/mol. The van der Waals surface area contributed by atoms with E-state index in [-0.39, 0.29) is 0 Å². The molecule has 19 heavy (non-hydrogen) atoms. The lowest BCUT2D eigenvalue weighted by Gasteiger charge is -2.50. The minimum absolute atomic E-state index is 0.819. The zero-order chi connectivity index (χ0) is 14.6. The van der Waals surface area contributed by atoms with Gasteiger partial charge in [0.1, 0.15) is 0 Å². The first-order chi connectivity index (χ1) is 8.92. The van der Waals surface area contributed by atoms with E-state index in [1.807, 2.05) is 0 Å². The number of hydrogen-bond acceptors (Lipinski definition) is 1. The molecule has 0 amide bonds. The Morgan fingerprint density at radius 1 is 1.11 bits per heavy atom. The molecule has 0 spiro atoms. The predicted octanol–water partition coefficient (Wildman–Crippen LogP) is 5.06. The van der Waals surface area contributed by atoms with Gasteiger partial charge in [0, 0.05) is 12.6 Å². The van der Waals surface area contributed by atoms with Gasteiger partial charge >= 0.3 is 0 Å². The van der Waals surface area contributed by atoms with E-state index in [2.05, 4.69) is 53.4 Å². The second kappa shape index (κ2) is 7.67. The van der Waals surface area contributed by atoms with E-state index in [1.54, 1.807) is 0 Å². The Balaban J connectivity index is 2.89. The van der Waals surface area contributed by atoms with Gasteiger partial charge in [0.05, 0.1) is 0 Å². The van der Waals surface area contributed by atoms with Crippen LogP contribution in [0.2, 0.25) is 0 Å². The molecule has 114 valence electrons. The largest absolute Gasteiger partial charge is 0.300 e. The van der Waals surface area contributed by atoms with Gasteiger partial charge in [-0.25, -0.2) is 0 Å². The van der Waals surface area contributed by atoms with Gasteiger partial charge in [-0.3, -0.25) is 4.90 Å². The molecule has 1 aliphatic rings. The van der Waals surface area contributed by atoms with E-state index >= 15 is 0 Å². The Labute approximate surface area is 122 Å². The van der Waals surface area contributed by atoms with Gasteiger partial charge in [-0.1, -0.05) is 54.9 Å². The maximum atomic E-state index is 2.82. The minimum Gasteiger partial charge on any atom is -0.300 e. The van der Waals surface area contributed by atoms with Crippen LogP contribution in [0.4, 0.5) is 0 Å². The van der Waals surface area contributed by atoms with Gasteiger partial charge in [0.25, 0.3) is 0 Å². The molecule has 1 heterocycles. The van der Waals surface area contributed by atoms with E-state index in [4.69, 9.17) is 0 Å². The van der Waals surface area contributed by atoms with Crippen LogP contribution in [0.5, 0.6) is 0 Å². The molecule has 4 unspecified atom stereocenters. The summed E-state index contributed by atoms with van der Waals surface area (Å²) in [6.07, 6.45) is 4.03. The smallest absolute Gasteiger partial charge is 0.0126 e. The maximum absolute atomic E-state index is 2.82. The van der Waals surface area contributed by atoms with Crippen molar-refractivity contribution in [2.75, 3.05) is 13.1 Å². The van der Waals surface area contributed by atoms with Crippen LogP contribution in [0.15, 0.2) is 0 Å². The molecule has 0 aromatic heterocycles. The maximum Gasteiger partial charge on any atom is 0.0126 e. The Hall–Kier alpha value is -0.0400. The zero-order valence-electron chi connectivity index (χ0n) is 14.4. The van der Waals surface area contributed by atoms with Crippen LogP contribution in [0.1, 0.15) is 67.7 Å². The fourth-order valence-electron chi connectivity index (χ4n) is 4.32. The molecule has 0 bridgehead atoms. The highest BCUT2D eigenvalue weighted by Gasteiger charge is 2.40. The van der Waals surface area contributed by atoms with Gasteiger partial charge < -0.3 is 0 Å². The summed E-state index contributed by atoms with van der Waals surface area (Å²) < 4.78 is 0. The van der Waals surface area contributed by atoms with E-state index in [0.717, 1.165) is 35.6 Å². The van der Waals surface area contributed by atoms with Crippen molar-refractivity contribution in [3.05, 3.63) is 0 Å². The number of likely N-dealkylation sites (tertiary alicyclic amines) is 1. The summed E-state index contributed by atoms with van der Waals surface area (Å²) >= 11 is 0. The first-order valence-electron chi connectivity index (χ1n) is 8.66. The molecule has 0 aromatic carbocycles. The number of nitrogens with zero attached hydrogens (tertiary/aromatic N) is 1. The Kier molecular flexibility index (Phi) is 6.86. The lowest BCUT2D eigenvalue weighted by Crippen LogP contribution is -2.54. The second-order valence-corrected chi connectivity index (χ2v) is 7.53.